The summed E-state index contributed by atoms with van der Waals surface area (Å²) in [6.07, 6.45) is -2.00. The topological polar surface area (TPSA) is 71.5 Å². The molecule has 3 aromatic heterocycles. The van der Waals surface area contributed by atoms with Gasteiger partial charge in [0, 0.05) is 6.20 Å². The Hall–Kier alpha value is -2.77. The van der Waals surface area contributed by atoms with Crippen LogP contribution < -0.4 is 5.56 Å². The Kier molecular flexibility index (Phi) is 2.93. The van der Waals surface area contributed by atoms with Gasteiger partial charge in [-0.25, -0.2) is 10.1 Å². The van der Waals surface area contributed by atoms with Crippen molar-refractivity contribution in [3.05, 3.63) is 52.6 Å². The van der Waals surface area contributed by atoms with Crippen LogP contribution in [0.5, 0.6) is 0 Å². The van der Waals surface area contributed by atoms with Gasteiger partial charge in [0.25, 0.3) is 5.56 Å². The fourth-order valence-electron chi connectivity index (χ4n) is 1.95. The van der Waals surface area contributed by atoms with E-state index in [1.54, 1.807) is 0 Å². The van der Waals surface area contributed by atoms with Crippen molar-refractivity contribution in [1.29, 1.82) is 0 Å². The molecule has 3 aromatic rings. The van der Waals surface area contributed by atoms with Gasteiger partial charge in [0.05, 0.1) is 28.4 Å². The molecule has 1 N–H and O–H groups in total. The third-order valence-electron chi connectivity index (χ3n) is 2.88. The zero-order valence-electron chi connectivity index (χ0n) is 10.3. The van der Waals surface area contributed by atoms with Crippen molar-refractivity contribution in [2.45, 2.75) is 6.18 Å². The second-order valence-electron chi connectivity index (χ2n) is 4.23. The number of aromatic amines is 1. The van der Waals surface area contributed by atoms with Crippen LogP contribution in [0.4, 0.5) is 13.2 Å². The summed E-state index contributed by atoms with van der Waals surface area (Å²) in [6.45, 7) is 0. The van der Waals surface area contributed by atoms with Crippen molar-refractivity contribution in [2.24, 2.45) is 0 Å². The van der Waals surface area contributed by atoms with Crippen LogP contribution >= 0.6 is 0 Å². The highest BCUT2D eigenvalue weighted by Crippen LogP contribution is 2.35. The van der Waals surface area contributed by atoms with Crippen LogP contribution in [0, 0.1) is 0 Å². The number of aromatic nitrogens is 4. The maximum Gasteiger partial charge on any atom is 0.418 e. The van der Waals surface area contributed by atoms with Crippen molar-refractivity contribution in [3.8, 4) is 11.4 Å². The minimum Gasteiger partial charge on any atom is -0.267 e. The molecule has 0 spiro atoms. The molecule has 0 fully saturated rings. The molecule has 0 unspecified atom stereocenters. The van der Waals surface area contributed by atoms with E-state index in [-0.39, 0.29) is 22.3 Å². The summed E-state index contributed by atoms with van der Waals surface area (Å²) in [5.41, 5.74) is -1.39. The van der Waals surface area contributed by atoms with Gasteiger partial charge < -0.3 is 0 Å². The summed E-state index contributed by atoms with van der Waals surface area (Å²) in [5, 5.41) is 6.05. The third kappa shape index (κ3) is 2.35. The van der Waals surface area contributed by atoms with Gasteiger partial charge in [-0.1, -0.05) is 0 Å². The molecule has 0 aliphatic rings. The Morgan fingerprint density at radius 1 is 1.14 bits per heavy atom. The number of nitrogens with zero attached hydrogens (tertiary/aromatic N) is 3. The van der Waals surface area contributed by atoms with E-state index >= 15 is 0 Å². The molecule has 0 amide bonds. The lowest BCUT2D eigenvalue weighted by Crippen LogP contribution is -2.10. The monoisotopic (exact) mass is 292 g/mol. The second-order valence-corrected chi connectivity index (χ2v) is 4.23. The molecule has 0 radical (unpaired) electrons. The summed E-state index contributed by atoms with van der Waals surface area (Å²) in [4.78, 5) is 19.3. The zero-order chi connectivity index (χ0) is 15.0. The van der Waals surface area contributed by atoms with Gasteiger partial charge in [-0.05, 0) is 24.3 Å². The van der Waals surface area contributed by atoms with Gasteiger partial charge in [-0.3, -0.25) is 9.78 Å². The molecule has 21 heavy (non-hydrogen) atoms. The minimum absolute atomic E-state index is 0.0304. The molecule has 5 nitrogen and oxygen atoms in total. The highest BCUT2D eigenvalue weighted by atomic mass is 19.4. The first-order valence-corrected chi connectivity index (χ1v) is 5.84. The number of hydrogen-bond acceptors (Lipinski definition) is 4. The molecular formula is C13H7F3N4O. The average molecular weight is 292 g/mol. The average Bonchev–Trinajstić information content (AvgIpc) is 2.46. The molecule has 3 rings (SSSR count). The van der Waals surface area contributed by atoms with Gasteiger partial charge in [0.2, 0.25) is 0 Å². The van der Waals surface area contributed by atoms with Gasteiger partial charge in [0.15, 0.2) is 0 Å². The molecule has 0 atom stereocenters. The Labute approximate surface area is 115 Å². The van der Waals surface area contributed by atoms with Crippen LogP contribution in [0.25, 0.3) is 22.3 Å². The van der Waals surface area contributed by atoms with Crippen molar-refractivity contribution in [1.82, 2.24) is 20.2 Å². The molecule has 0 bridgehead atoms. The maximum atomic E-state index is 13.0. The fourth-order valence-corrected chi connectivity index (χ4v) is 1.95. The normalized spacial score (nSPS) is 11.8. The van der Waals surface area contributed by atoms with Crippen molar-refractivity contribution < 1.29 is 13.2 Å². The standard InChI is InChI=1S/C13H7F3N4O/c14-13(15,16)8-2-1-5-17-11(8)9-4-3-7-10(19-9)6-18-20-12(7)21/h1-6H,(H,20,21). The van der Waals surface area contributed by atoms with Gasteiger partial charge in [-0.15, -0.1) is 0 Å². The SMILES string of the molecule is O=c1[nH]ncc2nc(-c3ncccc3C(F)(F)F)ccc12. The number of rotatable bonds is 1. The maximum absolute atomic E-state index is 13.0. The quantitative estimate of drug-likeness (QED) is 0.747. The molecule has 0 saturated carbocycles. The summed E-state index contributed by atoms with van der Waals surface area (Å²) < 4.78 is 38.9. The number of hydrogen-bond donors (Lipinski definition) is 1. The van der Waals surface area contributed by atoms with Crippen LogP contribution in [-0.4, -0.2) is 20.2 Å². The number of fused-ring (bicyclic) bond motifs is 1. The van der Waals surface area contributed by atoms with E-state index in [0.717, 1.165) is 6.07 Å². The van der Waals surface area contributed by atoms with E-state index in [9.17, 15) is 18.0 Å². The van der Waals surface area contributed by atoms with E-state index in [0.29, 0.717) is 0 Å². The predicted octanol–water partition coefficient (Wildman–Crippen LogP) is 2.40. The second kappa shape index (κ2) is 4.65. The summed E-state index contributed by atoms with van der Waals surface area (Å²) >= 11 is 0. The number of halogens is 3. The minimum atomic E-state index is -4.54. The molecule has 0 aromatic carbocycles. The lowest BCUT2D eigenvalue weighted by molar-refractivity contribution is -0.137. The summed E-state index contributed by atoms with van der Waals surface area (Å²) in [6, 6.07) is 4.87. The summed E-state index contributed by atoms with van der Waals surface area (Å²) in [7, 11) is 0. The summed E-state index contributed by atoms with van der Waals surface area (Å²) in [5.74, 6) is 0. The largest absolute Gasteiger partial charge is 0.418 e. The van der Waals surface area contributed by atoms with Crippen LogP contribution in [-0.2, 0) is 6.18 Å². The van der Waals surface area contributed by atoms with Crippen LogP contribution in [0.1, 0.15) is 5.56 Å². The molecule has 3 heterocycles. The third-order valence-corrected chi connectivity index (χ3v) is 2.88. The van der Waals surface area contributed by atoms with Gasteiger partial charge >= 0.3 is 6.18 Å². The van der Waals surface area contributed by atoms with Crippen molar-refractivity contribution in [2.75, 3.05) is 0 Å². The molecule has 0 saturated heterocycles. The zero-order valence-corrected chi connectivity index (χ0v) is 10.3. The van der Waals surface area contributed by atoms with E-state index in [1.807, 2.05) is 0 Å². The Morgan fingerprint density at radius 2 is 1.95 bits per heavy atom. The first-order chi connectivity index (χ1) is 9.97. The predicted molar refractivity (Wildman–Crippen MR) is 68.4 cm³/mol. The number of nitrogens with one attached hydrogen (secondary N) is 1. The molecule has 8 heteroatoms. The smallest absolute Gasteiger partial charge is 0.267 e. The van der Waals surface area contributed by atoms with Crippen molar-refractivity contribution in [3.63, 3.8) is 0 Å². The number of alkyl halides is 3. The first-order valence-electron chi connectivity index (χ1n) is 5.84. The molecular weight excluding hydrogens is 285 g/mol. The van der Waals surface area contributed by atoms with Crippen molar-refractivity contribution >= 4 is 10.9 Å². The van der Waals surface area contributed by atoms with E-state index in [2.05, 4.69) is 20.2 Å². The Morgan fingerprint density at radius 3 is 2.71 bits per heavy atom. The van der Waals surface area contributed by atoms with E-state index < -0.39 is 17.3 Å². The molecule has 0 aliphatic heterocycles. The lowest BCUT2D eigenvalue weighted by atomic mass is 10.1. The Balaban J connectivity index is 2.25. The number of H-pyrrole nitrogens is 1. The van der Waals surface area contributed by atoms with Crippen LogP contribution in [0.15, 0.2) is 41.5 Å². The highest BCUT2D eigenvalue weighted by Gasteiger charge is 2.34. The highest BCUT2D eigenvalue weighted by molar-refractivity contribution is 5.79. The fraction of sp³-hybridized carbons (Fsp3) is 0.0769. The van der Waals surface area contributed by atoms with E-state index in [4.69, 9.17) is 0 Å². The van der Waals surface area contributed by atoms with Gasteiger partial charge in [0.1, 0.15) is 5.69 Å². The van der Waals surface area contributed by atoms with Gasteiger partial charge in [-0.2, -0.15) is 18.3 Å². The Bertz CT molecular complexity index is 873. The van der Waals surface area contributed by atoms with E-state index in [1.165, 1.54) is 30.6 Å². The number of pyridine rings is 2. The molecule has 106 valence electrons. The van der Waals surface area contributed by atoms with Crippen LogP contribution in [0.2, 0.25) is 0 Å². The first kappa shape index (κ1) is 13.2. The molecule has 0 aliphatic carbocycles. The van der Waals surface area contributed by atoms with Crippen LogP contribution in [0.3, 0.4) is 0 Å². The lowest BCUT2D eigenvalue weighted by Gasteiger charge is -2.11.